The van der Waals surface area contributed by atoms with Crippen LogP contribution in [-0.4, -0.2) is 9.91 Å². The number of anilines is 2. The van der Waals surface area contributed by atoms with Crippen LogP contribution in [0, 0.1) is 24.0 Å². The van der Waals surface area contributed by atoms with Crippen LogP contribution in [0.1, 0.15) is 11.1 Å². The lowest BCUT2D eigenvalue weighted by Gasteiger charge is -2.11. The van der Waals surface area contributed by atoms with E-state index in [0.29, 0.717) is 0 Å². The maximum absolute atomic E-state index is 10.7. The maximum Gasteiger partial charge on any atom is 0.269 e. The van der Waals surface area contributed by atoms with Gasteiger partial charge in [0.1, 0.15) is 0 Å². The van der Waals surface area contributed by atoms with E-state index in [4.69, 9.17) is 0 Å². The van der Waals surface area contributed by atoms with Crippen LogP contribution in [-0.2, 0) is 0 Å². The Kier molecular flexibility index (Phi) is 3.47. The van der Waals surface area contributed by atoms with E-state index >= 15 is 0 Å². The molecule has 0 bridgehead atoms. The Morgan fingerprint density at radius 3 is 2.50 bits per heavy atom. The first-order valence-corrected chi connectivity index (χ1v) is 6.92. The van der Waals surface area contributed by atoms with Crippen LogP contribution in [0.25, 0.3) is 10.9 Å². The van der Waals surface area contributed by atoms with Crippen molar-refractivity contribution in [3.05, 3.63) is 69.9 Å². The van der Waals surface area contributed by atoms with Crippen molar-refractivity contribution in [1.29, 1.82) is 0 Å². The quantitative estimate of drug-likeness (QED) is 0.570. The number of rotatable bonds is 3. The van der Waals surface area contributed by atoms with E-state index in [2.05, 4.69) is 29.4 Å². The number of non-ortho nitro benzene ring substituents is 1. The Hall–Kier alpha value is -2.95. The normalized spacial score (nSPS) is 10.6. The van der Waals surface area contributed by atoms with Crippen molar-refractivity contribution < 1.29 is 4.92 Å². The Balaban J connectivity index is 2.02. The molecule has 0 radical (unpaired) electrons. The van der Waals surface area contributed by atoms with Crippen molar-refractivity contribution in [2.75, 3.05) is 5.32 Å². The fraction of sp³-hybridized carbons (Fsp3) is 0.118. The molecule has 22 heavy (non-hydrogen) atoms. The lowest BCUT2D eigenvalue weighted by Crippen LogP contribution is -1.95. The molecular formula is C17H15N3O2. The predicted octanol–water partition coefficient (Wildman–Crippen LogP) is 4.50. The number of nitro benzene ring substituents is 1. The molecule has 0 atom stereocenters. The first kappa shape index (κ1) is 14.0. The zero-order valence-electron chi connectivity index (χ0n) is 12.3. The van der Waals surface area contributed by atoms with Crippen molar-refractivity contribution in [1.82, 2.24) is 4.98 Å². The summed E-state index contributed by atoms with van der Waals surface area (Å²) >= 11 is 0. The Morgan fingerprint density at radius 1 is 1.09 bits per heavy atom. The average molecular weight is 293 g/mol. The van der Waals surface area contributed by atoms with Gasteiger partial charge in [-0.2, -0.15) is 0 Å². The summed E-state index contributed by atoms with van der Waals surface area (Å²) < 4.78 is 0. The number of pyridine rings is 1. The minimum absolute atomic E-state index is 0.0804. The first-order chi connectivity index (χ1) is 10.5. The maximum atomic E-state index is 10.7. The van der Waals surface area contributed by atoms with E-state index in [1.54, 1.807) is 18.3 Å². The van der Waals surface area contributed by atoms with Crippen molar-refractivity contribution in [3.8, 4) is 0 Å². The highest BCUT2D eigenvalue weighted by Crippen LogP contribution is 2.28. The van der Waals surface area contributed by atoms with Gasteiger partial charge in [0.2, 0.25) is 0 Å². The lowest BCUT2D eigenvalue weighted by atomic mass is 10.1. The second-order valence-electron chi connectivity index (χ2n) is 5.27. The fourth-order valence-corrected chi connectivity index (χ4v) is 2.54. The van der Waals surface area contributed by atoms with Gasteiger partial charge < -0.3 is 5.32 Å². The molecular weight excluding hydrogens is 278 g/mol. The van der Waals surface area contributed by atoms with Gasteiger partial charge in [-0.1, -0.05) is 11.6 Å². The number of hydrogen-bond acceptors (Lipinski definition) is 4. The SMILES string of the molecule is Cc1cc(C)c2nccc(Nc3ccc([N+](=O)[O-])cc3)c2c1. The number of hydrogen-bond donors (Lipinski definition) is 1. The molecule has 0 saturated heterocycles. The zero-order chi connectivity index (χ0) is 15.7. The zero-order valence-corrected chi connectivity index (χ0v) is 12.3. The summed E-state index contributed by atoms with van der Waals surface area (Å²) in [5, 5.41) is 15.0. The molecule has 2 aromatic carbocycles. The second kappa shape index (κ2) is 5.44. The van der Waals surface area contributed by atoms with Crippen molar-refractivity contribution in [3.63, 3.8) is 0 Å². The third-order valence-electron chi connectivity index (χ3n) is 3.54. The molecule has 1 heterocycles. The van der Waals surface area contributed by atoms with E-state index in [-0.39, 0.29) is 5.69 Å². The molecule has 110 valence electrons. The van der Waals surface area contributed by atoms with E-state index < -0.39 is 4.92 Å². The van der Waals surface area contributed by atoms with E-state index in [9.17, 15) is 10.1 Å². The summed E-state index contributed by atoms with van der Waals surface area (Å²) in [6.07, 6.45) is 1.76. The van der Waals surface area contributed by atoms with E-state index in [1.807, 2.05) is 13.0 Å². The molecule has 0 aliphatic carbocycles. The third kappa shape index (κ3) is 2.61. The number of nitrogens with zero attached hydrogens (tertiary/aromatic N) is 2. The van der Waals surface area contributed by atoms with Crippen LogP contribution in [0.3, 0.4) is 0 Å². The van der Waals surface area contributed by atoms with Gasteiger partial charge in [-0.15, -0.1) is 0 Å². The Labute approximate surface area is 127 Å². The number of fused-ring (bicyclic) bond motifs is 1. The van der Waals surface area contributed by atoms with Gasteiger partial charge in [-0.05, 0) is 43.7 Å². The molecule has 0 aliphatic rings. The third-order valence-corrected chi connectivity index (χ3v) is 3.54. The summed E-state index contributed by atoms with van der Waals surface area (Å²) in [5.74, 6) is 0. The Bertz CT molecular complexity index is 858. The van der Waals surface area contributed by atoms with Gasteiger partial charge in [-0.3, -0.25) is 15.1 Å². The number of nitrogens with one attached hydrogen (secondary N) is 1. The van der Waals surface area contributed by atoms with Crippen LogP contribution in [0.2, 0.25) is 0 Å². The van der Waals surface area contributed by atoms with Crippen molar-refractivity contribution in [2.24, 2.45) is 0 Å². The summed E-state index contributed by atoms with van der Waals surface area (Å²) in [6, 6.07) is 12.5. The molecule has 1 N–H and O–H groups in total. The topological polar surface area (TPSA) is 68.1 Å². The van der Waals surface area contributed by atoms with Crippen LogP contribution in [0.15, 0.2) is 48.7 Å². The first-order valence-electron chi connectivity index (χ1n) is 6.92. The summed E-state index contributed by atoms with van der Waals surface area (Å²) in [7, 11) is 0. The fourth-order valence-electron chi connectivity index (χ4n) is 2.54. The summed E-state index contributed by atoms with van der Waals surface area (Å²) in [4.78, 5) is 14.7. The standard InChI is InChI=1S/C17H15N3O2/c1-11-9-12(2)17-15(10-11)16(7-8-18-17)19-13-3-5-14(6-4-13)20(21)22/h3-10H,1-2H3,(H,18,19). The summed E-state index contributed by atoms with van der Waals surface area (Å²) in [6.45, 7) is 4.09. The molecule has 5 heteroatoms. The Morgan fingerprint density at radius 2 is 1.82 bits per heavy atom. The smallest absolute Gasteiger partial charge is 0.269 e. The van der Waals surface area contributed by atoms with Crippen LogP contribution < -0.4 is 5.32 Å². The van der Waals surface area contributed by atoms with Crippen LogP contribution >= 0.6 is 0 Å². The highest BCUT2D eigenvalue weighted by atomic mass is 16.6. The molecule has 0 amide bonds. The lowest BCUT2D eigenvalue weighted by molar-refractivity contribution is -0.384. The minimum atomic E-state index is -0.404. The van der Waals surface area contributed by atoms with Gasteiger partial charge in [0, 0.05) is 35.1 Å². The molecule has 0 fully saturated rings. The molecule has 3 aromatic rings. The molecule has 1 aromatic heterocycles. The monoisotopic (exact) mass is 293 g/mol. The molecule has 0 saturated carbocycles. The average Bonchev–Trinajstić information content (AvgIpc) is 2.48. The number of nitro groups is 1. The highest BCUT2D eigenvalue weighted by Gasteiger charge is 2.07. The van der Waals surface area contributed by atoms with Gasteiger partial charge >= 0.3 is 0 Å². The number of benzene rings is 2. The minimum Gasteiger partial charge on any atom is -0.355 e. The van der Waals surface area contributed by atoms with Crippen molar-refractivity contribution in [2.45, 2.75) is 13.8 Å². The van der Waals surface area contributed by atoms with Gasteiger partial charge in [0.15, 0.2) is 0 Å². The van der Waals surface area contributed by atoms with Gasteiger partial charge in [-0.25, -0.2) is 0 Å². The molecule has 3 rings (SSSR count). The predicted molar refractivity (Wildman–Crippen MR) is 87.6 cm³/mol. The van der Waals surface area contributed by atoms with E-state index in [1.165, 1.54) is 17.7 Å². The molecule has 5 nitrogen and oxygen atoms in total. The van der Waals surface area contributed by atoms with Crippen molar-refractivity contribution >= 4 is 28.0 Å². The highest BCUT2D eigenvalue weighted by molar-refractivity contribution is 5.95. The number of aromatic nitrogens is 1. The van der Waals surface area contributed by atoms with Crippen LogP contribution in [0.4, 0.5) is 17.1 Å². The van der Waals surface area contributed by atoms with E-state index in [0.717, 1.165) is 27.8 Å². The van der Waals surface area contributed by atoms with Gasteiger partial charge in [0.05, 0.1) is 10.4 Å². The molecule has 0 spiro atoms. The largest absolute Gasteiger partial charge is 0.355 e. The molecule has 0 unspecified atom stereocenters. The second-order valence-corrected chi connectivity index (χ2v) is 5.27. The number of aryl methyl sites for hydroxylation is 2. The summed E-state index contributed by atoms with van der Waals surface area (Å²) in [5.41, 5.74) is 5.07. The van der Waals surface area contributed by atoms with Crippen LogP contribution in [0.5, 0.6) is 0 Å². The molecule has 0 aliphatic heterocycles. The van der Waals surface area contributed by atoms with Gasteiger partial charge in [0.25, 0.3) is 5.69 Å².